The van der Waals surface area contributed by atoms with Gasteiger partial charge in [0, 0.05) is 25.4 Å². The van der Waals surface area contributed by atoms with Gasteiger partial charge in [0.1, 0.15) is 11.9 Å². The van der Waals surface area contributed by atoms with Crippen molar-refractivity contribution in [3.05, 3.63) is 59.7 Å². The van der Waals surface area contributed by atoms with Gasteiger partial charge < -0.3 is 25.4 Å². The van der Waals surface area contributed by atoms with E-state index in [9.17, 15) is 4.79 Å². The molecule has 7 heteroatoms. The second-order valence-corrected chi connectivity index (χ2v) is 7.09. The second kappa shape index (κ2) is 11.2. The molecule has 3 N–H and O–H groups in total. The van der Waals surface area contributed by atoms with E-state index in [0.29, 0.717) is 19.7 Å². The molecule has 160 valence electrons. The van der Waals surface area contributed by atoms with E-state index in [0.717, 1.165) is 47.9 Å². The predicted molar refractivity (Wildman–Crippen MR) is 119 cm³/mol. The van der Waals surface area contributed by atoms with Crippen LogP contribution >= 0.6 is 0 Å². The number of guanidine groups is 1. The molecule has 1 atom stereocenters. The minimum Gasteiger partial charge on any atom is -0.497 e. The number of carbonyl (C=O) groups excluding carboxylic acids is 1. The molecule has 3 rings (SSSR count). The van der Waals surface area contributed by atoms with Crippen LogP contribution in [0.4, 0.5) is 5.69 Å². The quantitative estimate of drug-likeness (QED) is 0.460. The van der Waals surface area contributed by atoms with Crippen molar-refractivity contribution >= 4 is 17.6 Å². The number of rotatable bonds is 8. The molecule has 1 aliphatic rings. The van der Waals surface area contributed by atoms with Crippen molar-refractivity contribution < 1.29 is 14.3 Å². The fourth-order valence-corrected chi connectivity index (χ4v) is 3.20. The highest BCUT2D eigenvalue weighted by Gasteiger charge is 2.23. The Labute approximate surface area is 177 Å². The van der Waals surface area contributed by atoms with Crippen LogP contribution in [-0.4, -0.2) is 38.2 Å². The number of nitrogens with zero attached hydrogens (tertiary/aromatic N) is 1. The second-order valence-electron chi connectivity index (χ2n) is 7.09. The average Bonchev–Trinajstić information content (AvgIpc) is 3.31. The van der Waals surface area contributed by atoms with Crippen molar-refractivity contribution in [1.29, 1.82) is 0 Å². The normalized spacial score (nSPS) is 16.2. The summed E-state index contributed by atoms with van der Waals surface area (Å²) in [4.78, 5) is 16.9. The van der Waals surface area contributed by atoms with E-state index in [1.165, 1.54) is 0 Å². The van der Waals surface area contributed by atoms with Gasteiger partial charge in [-0.2, -0.15) is 0 Å². The highest BCUT2D eigenvalue weighted by Crippen LogP contribution is 2.17. The number of carbonyl (C=O) groups is 1. The number of methoxy groups -OCH3 is 1. The molecule has 30 heavy (non-hydrogen) atoms. The highest BCUT2D eigenvalue weighted by molar-refractivity contribution is 5.94. The van der Waals surface area contributed by atoms with Gasteiger partial charge in [0.15, 0.2) is 5.96 Å². The van der Waals surface area contributed by atoms with Gasteiger partial charge in [-0.25, -0.2) is 4.99 Å². The van der Waals surface area contributed by atoms with E-state index in [1.807, 2.05) is 55.5 Å². The lowest BCUT2D eigenvalue weighted by Gasteiger charge is -2.13. The van der Waals surface area contributed by atoms with Gasteiger partial charge in [-0.1, -0.05) is 24.3 Å². The van der Waals surface area contributed by atoms with Gasteiger partial charge in [0.25, 0.3) is 5.91 Å². The summed E-state index contributed by atoms with van der Waals surface area (Å²) in [6.45, 7) is 4.62. The molecule has 7 nitrogen and oxygen atoms in total. The first kappa shape index (κ1) is 21.6. The Bertz CT molecular complexity index is 846. The lowest BCUT2D eigenvalue weighted by molar-refractivity contribution is -0.124. The molecule has 0 saturated carbocycles. The summed E-state index contributed by atoms with van der Waals surface area (Å²) < 4.78 is 10.6. The largest absolute Gasteiger partial charge is 0.497 e. The smallest absolute Gasteiger partial charge is 0.253 e. The number of hydrogen-bond donors (Lipinski definition) is 3. The van der Waals surface area contributed by atoms with Gasteiger partial charge in [-0.3, -0.25) is 4.79 Å². The maximum Gasteiger partial charge on any atom is 0.253 e. The Balaban J connectivity index is 1.57. The van der Waals surface area contributed by atoms with Crippen LogP contribution in [-0.2, 0) is 22.6 Å². The van der Waals surface area contributed by atoms with Crippen molar-refractivity contribution in [3.63, 3.8) is 0 Å². The fraction of sp³-hybridized carbons (Fsp3) is 0.391. The van der Waals surface area contributed by atoms with Gasteiger partial charge in [-0.15, -0.1) is 0 Å². The molecule has 1 saturated heterocycles. The number of hydrogen-bond acceptors (Lipinski definition) is 4. The predicted octanol–water partition coefficient (Wildman–Crippen LogP) is 3.07. The molecule has 0 aliphatic carbocycles. The van der Waals surface area contributed by atoms with E-state index in [4.69, 9.17) is 9.47 Å². The molecular weight excluding hydrogens is 380 g/mol. The molecule has 0 radical (unpaired) electrons. The van der Waals surface area contributed by atoms with E-state index in [-0.39, 0.29) is 12.0 Å². The lowest BCUT2D eigenvalue weighted by Crippen LogP contribution is -2.36. The van der Waals surface area contributed by atoms with Crippen LogP contribution in [0.15, 0.2) is 53.5 Å². The van der Waals surface area contributed by atoms with Crippen LogP contribution in [0.3, 0.4) is 0 Å². The first-order chi connectivity index (χ1) is 14.7. The zero-order valence-corrected chi connectivity index (χ0v) is 17.6. The molecule has 0 bridgehead atoms. The molecule has 1 fully saturated rings. The summed E-state index contributed by atoms with van der Waals surface area (Å²) in [5, 5.41) is 9.54. The van der Waals surface area contributed by atoms with Crippen LogP contribution < -0.4 is 20.7 Å². The van der Waals surface area contributed by atoms with Gasteiger partial charge >= 0.3 is 0 Å². The number of anilines is 1. The number of amides is 1. The molecule has 0 spiro atoms. The van der Waals surface area contributed by atoms with Crippen molar-refractivity contribution in [2.24, 2.45) is 4.99 Å². The third-order valence-corrected chi connectivity index (χ3v) is 4.80. The summed E-state index contributed by atoms with van der Waals surface area (Å²) >= 11 is 0. The molecule has 2 aromatic carbocycles. The number of ether oxygens (including phenoxy) is 2. The Morgan fingerprint density at radius 1 is 1.17 bits per heavy atom. The third kappa shape index (κ3) is 6.49. The topological polar surface area (TPSA) is 84.0 Å². The van der Waals surface area contributed by atoms with Crippen molar-refractivity contribution in [1.82, 2.24) is 10.6 Å². The van der Waals surface area contributed by atoms with E-state index in [2.05, 4.69) is 20.9 Å². The SMILES string of the molecule is CCNC(=NCc1cccc(NC(=O)C2CCCO2)c1)NCc1ccc(OC)cc1. The Morgan fingerprint density at radius 3 is 2.70 bits per heavy atom. The van der Waals surface area contributed by atoms with Crippen LogP contribution in [0.25, 0.3) is 0 Å². The molecule has 1 heterocycles. The van der Waals surface area contributed by atoms with Gasteiger partial charge in [0.2, 0.25) is 0 Å². The van der Waals surface area contributed by atoms with Crippen molar-refractivity contribution in [2.75, 3.05) is 25.6 Å². The minimum absolute atomic E-state index is 0.0809. The maximum absolute atomic E-state index is 12.2. The van der Waals surface area contributed by atoms with Gasteiger partial charge in [-0.05, 0) is 55.2 Å². The third-order valence-electron chi connectivity index (χ3n) is 4.80. The fourth-order valence-electron chi connectivity index (χ4n) is 3.20. The maximum atomic E-state index is 12.2. The molecule has 0 aromatic heterocycles. The number of aliphatic imine (C=N–C) groups is 1. The van der Waals surface area contributed by atoms with Gasteiger partial charge in [0.05, 0.1) is 13.7 Å². The van der Waals surface area contributed by atoms with E-state index in [1.54, 1.807) is 7.11 Å². The minimum atomic E-state index is -0.339. The molecule has 1 unspecified atom stereocenters. The Kier molecular flexibility index (Phi) is 8.09. The molecule has 1 aliphatic heterocycles. The van der Waals surface area contributed by atoms with Crippen LogP contribution in [0.1, 0.15) is 30.9 Å². The van der Waals surface area contributed by atoms with Crippen molar-refractivity contribution in [2.45, 2.75) is 39.0 Å². The molecule has 1 amide bonds. The zero-order chi connectivity index (χ0) is 21.2. The van der Waals surface area contributed by atoms with E-state index < -0.39 is 0 Å². The number of benzene rings is 2. The summed E-state index contributed by atoms with van der Waals surface area (Å²) in [6, 6.07) is 15.7. The first-order valence-electron chi connectivity index (χ1n) is 10.3. The zero-order valence-electron chi connectivity index (χ0n) is 17.6. The highest BCUT2D eigenvalue weighted by atomic mass is 16.5. The standard InChI is InChI=1S/C23H30N4O3/c1-3-24-23(25-15-17-9-11-20(29-2)12-10-17)26-16-18-6-4-7-19(14-18)27-22(28)21-8-5-13-30-21/h4,6-7,9-12,14,21H,3,5,8,13,15-16H2,1-2H3,(H,27,28)(H2,24,25,26). The summed E-state index contributed by atoms with van der Waals surface area (Å²) in [5.74, 6) is 1.50. The van der Waals surface area contributed by atoms with E-state index >= 15 is 0 Å². The lowest BCUT2D eigenvalue weighted by atomic mass is 10.2. The Hall–Kier alpha value is -3.06. The number of nitrogens with one attached hydrogen (secondary N) is 3. The van der Waals surface area contributed by atoms with Crippen molar-refractivity contribution in [3.8, 4) is 5.75 Å². The average molecular weight is 411 g/mol. The Morgan fingerprint density at radius 2 is 2.00 bits per heavy atom. The summed E-state index contributed by atoms with van der Waals surface area (Å²) in [7, 11) is 1.66. The molecular formula is C23H30N4O3. The van der Waals surface area contributed by atoms with Crippen LogP contribution in [0.2, 0.25) is 0 Å². The molecule has 2 aromatic rings. The first-order valence-corrected chi connectivity index (χ1v) is 10.3. The monoisotopic (exact) mass is 410 g/mol. The summed E-state index contributed by atoms with van der Waals surface area (Å²) in [5.41, 5.74) is 2.92. The van der Waals surface area contributed by atoms with Crippen LogP contribution in [0, 0.1) is 0 Å². The van der Waals surface area contributed by atoms with Crippen LogP contribution in [0.5, 0.6) is 5.75 Å². The summed E-state index contributed by atoms with van der Waals surface area (Å²) in [6.07, 6.45) is 1.37.